The normalized spacial score (nSPS) is 17.0. The van der Waals surface area contributed by atoms with E-state index >= 15 is 0 Å². The summed E-state index contributed by atoms with van der Waals surface area (Å²) in [7, 11) is 0. The molecule has 1 aromatic carbocycles. The molecular formula is C16H16N6O3. The first-order valence-electron chi connectivity index (χ1n) is 7.98. The number of H-pyrrole nitrogens is 1. The molecule has 1 atom stereocenters. The van der Waals surface area contributed by atoms with Crippen molar-refractivity contribution in [2.45, 2.75) is 25.5 Å². The fourth-order valence-electron chi connectivity index (χ4n) is 2.81. The number of hydrogen-bond donors (Lipinski definition) is 2. The van der Waals surface area contributed by atoms with Crippen molar-refractivity contribution in [1.82, 2.24) is 24.7 Å². The molecule has 9 nitrogen and oxygen atoms in total. The zero-order chi connectivity index (χ0) is 17.2. The standard InChI is InChI=1S/C16H16N6O3/c23-13(18-16-19-14(20-21-16)12-6-3-7-25-12)8-22-9-17-11-5-2-1-4-10(11)15(22)24/h1-2,4-5,9,12H,3,6-8H2,(H2,18,19,20,21,23). The molecule has 0 saturated carbocycles. The van der Waals surface area contributed by atoms with Gasteiger partial charge in [0.15, 0.2) is 5.82 Å². The van der Waals surface area contributed by atoms with Crippen molar-refractivity contribution in [3.63, 3.8) is 0 Å². The highest BCUT2D eigenvalue weighted by molar-refractivity contribution is 5.89. The number of aromatic amines is 1. The maximum atomic E-state index is 12.4. The largest absolute Gasteiger partial charge is 0.370 e. The topological polar surface area (TPSA) is 115 Å². The summed E-state index contributed by atoms with van der Waals surface area (Å²) < 4.78 is 6.76. The molecule has 0 aliphatic carbocycles. The zero-order valence-electron chi connectivity index (χ0n) is 13.3. The monoisotopic (exact) mass is 340 g/mol. The molecule has 128 valence electrons. The molecule has 1 aliphatic rings. The third-order valence-corrected chi connectivity index (χ3v) is 4.03. The highest BCUT2D eigenvalue weighted by Gasteiger charge is 2.21. The summed E-state index contributed by atoms with van der Waals surface area (Å²) in [5.74, 6) is 0.353. The van der Waals surface area contributed by atoms with Gasteiger partial charge in [-0.15, -0.1) is 5.10 Å². The number of benzene rings is 1. The fourth-order valence-corrected chi connectivity index (χ4v) is 2.81. The molecule has 0 bridgehead atoms. The molecule has 4 rings (SSSR count). The van der Waals surface area contributed by atoms with Crippen LogP contribution >= 0.6 is 0 Å². The van der Waals surface area contributed by atoms with Gasteiger partial charge in [-0.25, -0.2) is 4.98 Å². The van der Waals surface area contributed by atoms with E-state index in [4.69, 9.17) is 4.74 Å². The maximum Gasteiger partial charge on any atom is 0.261 e. The average Bonchev–Trinajstić information content (AvgIpc) is 3.29. The minimum absolute atomic E-state index is 0.106. The molecule has 1 fully saturated rings. The van der Waals surface area contributed by atoms with Crippen molar-refractivity contribution in [3.8, 4) is 0 Å². The number of nitrogens with one attached hydrogen (secondary N) is 2. The first kappa shape index (κ1) is 15.5. The van der Waals surface area contributed by atoms with Gasteiger partial charge < -0.3 is 4.74 Å². The van der Waals surface area contributed by atoms with Gasteiger partial charge in [0.05, 0.1) is 17.2 Å². The lowest BCUT2D eigenvalue weighted by Crippen LogP contribution is -2.28. The van der Waals surface area contributed by atoms with Crippen molar-refractivity contribution in [3.05, 3.63) is 46.8 Å². The van der Waals surface area contributed by atoms with Crippen molar-refractivity contribution in [2.24, 2.45) is 0 Å². The lowest BCUT2D eigenvalue weighted by molar-refractivity contribution is -0.116. The zero-order valence-corrected chi connectivity index (χ0v) is 13.3. The number of aromatic nitrogens is 5. The minimum Gasteiger partial charge on any atom is -0.370 e. The summed E-state index contributed by atoms with van der Waals surface area (Å²) in [5, 5.41) is 9.78. The Morgan fingerprint density at radius 3 is 3.12 bits per heavy atom. The highest BCUT2D eigenvalue weighted by atomic mass is 16.5. The maximum absolute atomic E-state index is 12.4. The van der Waals surface area contributed by atoms with Gasteiger partial charge in [-0.1, -0.05) is 12.1 Å². The Labute approximate surface area is 142 Å². The van der Waals surface area contributed by atoms with Gasteiger partial charge in [-0.05, 0) is 25.0 Å². The number of fused-ring (bicyclic) bond motifs is 1. The average molecular weight is 340 g/mol. The van der Waals surface area contributed by atoms with E-state index in [0.29, 0.717) is 23.3 Å². The minimum atomic E-state index is -0.405. The lowest BCUT2D eigenvalue weighted by Gasteiger charge is -2.06. The van der Waals surface area contributed by atoms with Gasteiger partial charge in [0.2, 0.25) is 11.9 Å². The molecule has 2 N–H and O–H groups in total. The Balaban J connectivity index is 1.47. The van der Waals surface area contributed by atoms with E-state index < -0.39 is 5.91 Å². The number of carbonyl (C=O) groups is 1. The summed E-state index contributed by atoms with van der Waals surface area (Å²) in [6.45, 7) is 0.533. The number of anilines is 1. The van der Waals surface area contributed by atoms with Gasteiger partial charge in [0, 0.05) is 6.61 Å². The van der Waals surface area contributed by atoms with Crippen LogP contribution in [0, 0.1) is 0 Å². The molecule has 1 unspecified atom stereocenters. The van der Waals surface area contributed by atoms with Crippen molar-refractivity contribution < 1.29 is 9.53 Å². The van der Waals surface area contributed by atoms with Gasteiger partial charge in [-0.2, -0.15) is 4.98 Å². The first-order valence-corrected chi connectivity index (χ1v) is 7.98. The van der Waals surface area contributed by atoms with Crippen LogP contribution in [0.4, 0.5) is 5.95 Å². The van der Waals surface area contributed by atoms with Crippen LogP contribution in [0.25, 0.3) is 10.9 Å². The number of ether oxygens (including phenoxy) is 1. The van der Waals surface area contributed by atoms with Crippen LogP contribution in [-0.2, 0) is 16.1 Å². The highest BCUT2D eigenvalue weighted by Crippen LogP contribution is 2.25. The van der Waals surface area contributed by atoms with E-state index in [-0.39, 0.29) is 24.2 Å². The second-order valence-electron chi connectivity index (χ2n) is 5.79. The van der Waals surface area contributed by atoms with E-state index in [1.807, 2.05) is 0 Å². The Kier molecular flexibility index (Phi) is 3.98. The molecule has 3 heterocycles. The van der Waals surface area contributed by atoms with Crippen LogP contribution in [0.2, 0.25) is 0 Å². The van der Waals surface area contributed by atoms with Crippen LogP contribution in [0.1, 0.15) is 24.8 Å². The summed E-state index contributed by atoms with van der Waals surface area (Å²) in [5.41, 5.74) is 0.329. The SMILES string of the molecule is O=C(Cn1cnc2ccccc2c1=O)Nc1n[nH]c(C2CCCO2)n1. The molecule has 25 heavy (non-hydrogen) atoms. The Morgan fingerprint density at radius 2 is 2.28 bits per heavy atom. The van der Waals surface area contributed by atoms with E-state index in [1.54, 1.807) is 24.3 Å². The number of hydrogen-bond acceptors (Lipinski definition) is 6. The Morgan fingerprint density at radius 1 is 1.40 bits per heavy atom. The number of nitrogens with zero attached hydrogens (tertiary/aromatic N) is 4. The summed E-state index contributed by atoms with van der Waals surface area (Å²) in [6.07, 6.45) is 3.11. The second kappa shape index (κ2) is 6.44. The Hall–Kier alpha value is -3.07. The van der Waals surface area contributed by atoms with Gasteiger partial charge >= 0.3 is 0 Å². The summed E-state index contributed by atoms with van der Waals surface area (Å²) in [6, 6.07) is 7.00. The molecule has 9 heteroatoms. The molecule has 3 aromatic rings. The molecule has 1 aliphatic heterocycles. The van der Waals surface area contributed by atoms with Gasteiger partial charge in [-0.3, -0.25) is 24.6 Å². The van der Waals surface area contributed by atoms with Crippen molar-refractivity contribution >= 4 is 22.8 Å². The molecular weight excluding hydrogens is 324 g/mol. The van der Waals surface area contributed by atoms with Crippen LogP contribution in [0.15, 0.2) is 35.4 Å². The first-order chi connectivity index (χ1) is 12.2. The van der Waals surface area contributed by atoms with E-state index in [2.05, 4.69) is 25.5 Å². The van der Waals surface area contributed by atoms with Crippen LogP contribution in [0.3, 0.4) is 0 Å². The quantitative estimate of drug-likeness (QED) is 0.732. The predicted molar refractivity (Wildman–Crippen MR) is 88.9 cm³/mol. The smallest absolute Gasteiger partial charge is 0.261 e. The Bertz CT molecular complexity index is 973. The number of rotatable bonds is 4. The third-order valence-electron chi connectivity index (χ3n) is 4.03. The molecule has 0 spiro atoms. The van der Waals surface area contributed by atoms with Gasteiger partial charge in [0.25, 0.3) is 5.56 Å². The predicted octanol–water partition coefficient (Wildman–Crippen LogP) is 1.00. The van der Waals surface area contributed by atoms with Crippen LogP contribution in [-0.4, -0.2) is 37.2 Å². The van der Waals surface area contributed by atoms with Crippen molar-refractivity contribution in [2.75, 3.05) is 11.9 Å². The number of amides is 1. The molecule has 1 saturated heterocycles. The second-order valence-corrected chi connectivity index (χ2v) is 5.79. The van der Waals surface area contributed by atoms with Crippen molar-refractivity contribution in [1.29, 1.82) is 0 Å². The van der Waals surface area contributed by atoms with E-state index in [1.165, 1.54) is 10.9 Å². The lowest BCUT2D eigenvalue weighted by atomic mass is 10.2. The number of carbonyl (C=O) groups excluding carboxylic acids is 1. The van der Waals surface area contributed by atoms with E-state index in [9.17, 15) is 9.59 Å². The summed E-state index contributed by atoms with van der Waals surface area (Å²) in [4.78, 5) is 33.0. The van der Waals surface area contributed by atoms with Crippen LogP contribution in [0.5, 0.6) is 0 Å². The van der Waals surface area contributed by atoms with Gasteiger partial charge in [0.1, 0.15) is 12.6 Å². The molecule has 0 radical (unpaired) electrons. The number of para-hydroxylation sites is 1. The van der Waals surface area contributed by atoms with E-state index in [0.717, 1.165) is 12.8 Å². The molecule has 1 amide bonds. The third kappa shape index (κ3) is 3.13. The van der Waals surface area contributed by atoms with Crippen LogP contribution < -0.4 is 10.9 Å². The molecule has 2 aromatic heterocycles. The summed E-state index contributed by atoms with van der Waals surface area (Å²) >= 11 is 0. The fraction of sp³-hybridized carbons (Fsp3) is 0.312.